The minimum absolute atomic E-state index is 0.415. The van der Waals surface area contributed by atoms with Crippen LogP contribution in [0.15, 0.2) is 22.7 Å². The summed E-state index contributed by atoms with van der Waals surface area (Å²) in [4.78, 5) is 0. The summed E-state index contributed by atoms with van der Waals surface area (Å²) in [5.41, 5.74) is 8.58. The first-order valence-corrected chi connectivity index (χ1v) is 7.70. The third-order valence-corrected chi connectivity index (χ3v) is 4.19. The molecular weight excluding hydrogens is 334 g/mol. The number of aryl methyl sites for hydroxylation is 2. The van der Waals surface area contributed by atoms with Gasteiger partial charge in [-0.2, -0.15) is 5.10 Å². The minimum atomic E-state index is 0.415. The molecule has 0 fully saturated rings. The van der Waals surface area contributed by atoms with Crippen LogP contribution in [0.1, 0.15) is 25.2 Å². The van der Waals surface area contributed by atoms with Crippen LogP contribution < -0.4 is 15.2 Å². The second kappa shape index (κ2) is 6.85. The SMILES string of the molecule is CCc1nn(CC)c(COc2ccc(OC)cc2N)c1Br. The Morgan fingerprint density at radius 3 is 2.67 bits per heavy atom. The van der Waals surface area contributed by atoms with Crippen molar-refractivity contribution in [2.75, 3.05) is 12.8 Å². The molecule has 0 radical (unpaired) electrons. The molecule has 0 aliphatic rings. The van der Waals surface area contributed by atoms with Gasteiger partial charge in [0.05, 0.1) is 28.7 Å². The van der Waals surface area contributed by atoms with Crippen LogP contribution >= 0.6 is 15.9 Å². The Labute approximate surface area is 133 Å². The first-order valence-electron chi connectivity index (χ1n) is 6.91. The topological polar surface area (TPSA) is 62.3 Å². The maximum Gasteiger partial charge on any atom is 0.143 e. The van der Waals surface area contributed by atoms with Gasteiger partial charge in [0.25, 0.3) is 0 Å². The first-order chi connectivity index (χ1) is 10.1. The van der Waals surface area contributed by atoms with E-state index in [9.17, 15) is 0 Å². The fourth-order valence-corrected chi connectivity index (χ4v) is 2.77. The molecule has 0 unspecified atom stereocenters. The highest BCUT2D eigenvalue weighted by atomic mass is 79.9. The second-order valence-electron chi connectivity index (χ2n) is 4.57. The number of halogens is 1. The number of ether oxygens (including phenoxy) is 2. The fourth-order valence-electron chi connectivity index (χ4n) is 2.09. The molecule has 1 aromatic heterocycles. The van der Waals surface area contributed by atoms with E-state index in [-0.39, 0.29) is 0 Å². The van der Waals surface area contributed by atoms with Gasteiger partial charge in [-0.3, -0.25) is 4.68 Å². The van der Waals surface area contributed by atoms with Crippen molar-refractivity contribution in [1.29, 1.82) is 0 Å². The summed E-state index contributed by atoms with van der Waals surface area (Å²) in [6.45, 7) is 5.36. The van der Waals surface area contributed by atoms with Crippen LogP contribution in [0, 0.1) is 0 Å². The van der Waals surface area contributed by atoms with Gasteiger partial charge in [0.15, 0.2) is 0 Å². The summed E-state index contributed by atoms with van der Waals surface area (Å²) in [6.07, 6.45) is 0.880. The number of nitrogens with zero attached hydrogens (tertiary/aromatic N) is 2. The van der Waals surface area contributed by atoms with E-state index < -0.39 is 0 Å². The van der Waals surface area contributed by atoms with Crippen LogP contribution in [0.5, 0.6) is 11.5 Å². The molecular formula is C15H20BrN3O2. The number of hydrogen-bond acceptors (Lipinski definition) is 4. The molecule has 0 spiro atoms. The molecule has 114 valence electrons. The van der Waals surface area contributed by atoms with Gasteiger partial charge in [-0.1, -0.05) is 6.92 Å². The zero-order valence-corrected chi connectivity index (χ0v) is 14.1. The lowest BCUT2D eigenvalue weighted by atomic mass is 10.3. The molecule has 5 nitrogen and oxygen atoms in total. The van der Waals surface area contributed by atoms with Crippen molar-refractivity contribution in [3.05, 3.63) is 34.1 Å². The lowest BCUT2D eigenvalue weighted by molar-refractivity contribution is 0.292. The predicted molar refractivity (Wildman–Crippen MR) is 86.7 cm³/mol. The summed E-state index contributed by atoms with van der Waals surface area (Å²) >= 11 is 3.60. The molecule has 0 atom stereocenters. The minimum Gasteiger partial charge on any atom is -0.497 e. The van der Waals surface area contributed by atoms with Crippen molar-refractivity contribution < 1.29 is 9.47 Å². The van der Waals surface area contributed by atoms with Crippen molar-refractivity contribution in [2.24, 2.45) is 0 Å². The molecule has 0 saturated carbocycles. The molecule has 2 rings (SSSR count). The van der Waals surface area contributed by atoms with Crippen molar-refractivity contribution in [3.63, 3.8) is 0 Å². The largest absolute Gasteiger partial charge is 0.497 e. The average Bonchev–Trinajstić information content (AvgIpc) is 2.81. The monoisotopic (exact) mass is 353 g/mol. The van der Waals surface area contributed by atoms with Gasteiger partial charge in [-0.25, -0.2) is 0 Å². The molecule has 1 heterocycles. The molecule has 21 heavy (non-hydrogen) atoms. The molecule has 0 bridgehead atoms. The molecule has 0 amide bonds. The van der Waals surface area contributed by atoms with E-state index in [4.69, 9.17) is 15.2 Å². The average molecular weight is 354 g/mol. The third kappa shape index (κ3) is 3.32. The van der Waals surface area contributed by atoms with Crippen LogP contribution in [0.25, 0.3) is 0 Å². The number of anilines is 1. The Hall–Kier alpha value is -1.69. The van der Waals surface area contributed by atoms with Crippen molar-refractivity contribution in [3.8, 4) is 11.5 Å². The Kier molecular flexibility index (Phi) is 5.12. The van der Waals surface area contributed by atoms with Gasteiger partial charge >= 0.3 is 0 Å². The van der Waals surface area contributed by atoms with Crippen LogP contribution in [-0.4, -0.2) is 16.9 Å². The van der Waals surface area contributed by atoms with Crippen molar-refractivity contribution >= 4 is 21.6 Å². The summed E-state index contributed by atoms with van der Waals surface area (Å²) in [5.74, 6) is 1.36. The standard InChI is InChI=1S/C15H20BrN3O2/c1-4-12-15(16)13(19(5-2)18-12)9-21-14-7-6-10(20-3)8-11(14)17/h6-8H,4-5,9,17H2,1-3H3. The Morgan fingerprint density at radius 1 is 1.33 bits per heavy atom. The highest BCUT2D eigenvalue weighted by Crippen LogP contribution is 2.29. The molecule has 0 aliphatic carbocycles. The number of nitrogen functional groups attached to an aromatic ring is 1. The number of hydrogen-bond donors (Lipinski definition) is 1. The first kappa shape index (κ1) is 15.7. The lowest BCUT2D eigenvalue weighted by Crippen LogP contribution is -2.07. The summed E-state index contributed by atoms with van der Waals surface area (Å²) in [6, 6.07) is 5.39. The number of rotatable bonds is 6. The van der Waals surface area contributed by atoms with Crippen molar-refractivity contribution in [2.45, 2.75) is 33.4 Å². The summed E-state index contributed by atoms with van der Waals surface area (Å²) in [7, 11) is 1.61. The number of aromatic nitrogens is 2. The Balaban J connectivity index is 2.18. The van der Waals surface area contributed by atoms with E-state index in [1.165, 1.54) is 0 Å². The summed E-state index contributed by atoms with van der Waals surface area (Å²) < 4.78 is 13.9. The van der Waals surface area contributed by atoms with Gasteiger partial charge < -0.3 is 15.2 Å². The highest BCUT2D eigenvalue weighted by molar-refractivity contribution is 9.10. The zero-order chi connectivity index (χ0) is 15.4. The maximum absolute atomic E-state index is 5.96. The second-order valence-corrected chi connectivity index (χ2v) is 5.36. The Morgan fingerprint density at radius 2 is 2.10 bits per heavy atom. The molecule has 2 N–H and O–H groups in total. The third-order valence-electron chi connectivity index (χ3n) is 3.28. The smallest absolute Gasteiger partial charge is 0.143 e. The van der Waals surface area contributed by atoms with Crippen LogP contribution in [0.4, 0.5) is 5.69 Å². The number of benzene rings is 1. The molecule has 2 aromatic rings. The molecule has 0 aliphatic heterocycles. The van der Waals surface area contributed by atoms with Crippen molar-refractivity contribution in [1.82, 2.24) is 9.78 Å². The normalized spacial score (nSPS) is 10.7. The maximum atomic E-state index is 5.96. The zero-order valence-electron chi connectivity index (χ0n) is 12.5. The molecule has 1 aromatic carbocycles. The highest BCUT2D eigenvalue weighted by Gasteiger charge is 2.15. The predicted octanol–water partition coefficient (Wildman–Crippen LogP) is 3.40. The number of methoxy groups -OCH3 is 1. The van der Waals surface area contributed by atoms with Gasteiger partial charge in [0.2, 0.25) is 0 Å². The summed E-state index contributed by atoms with van der Waals surface area (Å²) in [5, 5.41) is 4.55. The quantitative estimate of drug-likeness (QED) is 0.808. The van der Waals surface area contributed by atoms with E-state index in [1.54, 1.807) is 13.2 Å². The lowest BCUT2D eigenvalue weighted by Gasteiger charge is -2.11. The molecule has 0 saturated heterocycles. The van der Waals surface area contributed by atoms with E-state index in [0.29, 0.717) is 23.8 Å². The van der Waals surface area contributed by atoms with Crippen LogP contribution in [0.2, 0.25) is 0 Å². The number of nitrogens with two attached hydrogens (primary N) is 1. The van der Waals surface area contributed by atoms with Gasteiger partial charge in [-0.05, 0) is 41.4 Å². The van der Waals surface area contributed by atoms with E-state index >= 15 is 0 Å². The van der Waals surface area contributed by atoms with E-state index in [1.807, 2.05) is 16.8 Å². The van der Waals surface area contributed by atoms with E-state index in [0.717, 1.165) is 28.8 Å². The van der Waals surface area contributed by atoms with Crippen LogP contribution in [-0.2, 0) is 19.6 Å². The van der Waals surface area contributed by atoms with E-state index in [2.05, 4.69) is 34.9 Å². The van der Waals surface area contributed by atoms with Gasteiger partial charge in [-0.15, -0.1) is 0 Å². The molecule has 6 heteroatoms. The fraction of sp³-hybridized carbons (Fsp3) is 0.400. The van der Waals surface area contributed by atoms with Crippen LogP contribution in [0.3, 0.4) is 0 Å². The van der Waals surface area contributed by atoms with Gasteiger partial charge in [0, 0.05) is 12.6 Å². The Bertz CT molecular complexity index is 626. The van der Waals surface area contributed by atoms with Gasteiger partial charge in [0.1, 0.15) is 18.1 Å².